The van der Waals surface area contributed by atoms with E-state index in [1.165, 1.54) is 0 Å². The summed E-state index contributed by atoms with van der Waals surface area (Å²) >= 11 is 0. The summed E-state index contributed by atoms with van der Waals surface area (Å²) in [6.45, 7) is 2.14. The van der Waals surface area contributed by atoms with Crippen LogP contribution in [0, 0.1) is 11.8 Å². The fraction of sp³-hybridized carbons (Fsp3) is 0.611. The molecule has 0 aliphatic carbocycles. The van der Waals surface area contributed by atoms with E-state index in [0.717, 1.165) is 12.0 Å². The van der Waals surface area contributed by atoms with Crippen molar-refractivity contribution in [2.24, 2.45) is 17.6 Å². The number of benzene rings is 1. The van der Waals surface area contributed by atoms with Crippen LogP contribution in [-0.4, -0.2) is 46.1 Å². The largest absolute Gasteiger partial charge is 0.496 e. The Kier molecular flexibility index (Phi) is 8.34. The van der Waals surface area contributed by atoms with Crippen molar-refractivity contribution in [3.8, 4) is 23.0 Å². The second-order valence-electron chi connectivity index (χ2n) is 5.81. The number of carboxylic acid groups (broad SMARTS) is 1. The lowest BCUT2D eigenvalue weighted by Crippen LogP contribution is -2.26. The predicted octanol–water partition coefficient (Wildman–Crippen LogP) is 2.34. The predicted molar refractivity (Wildman–Crippen MR) is 94.9 cm³/mol. The van der Waals surface area contributed by atoms with Crippen LogP contribution in [0.1, 0.15) is 25.3 Å². The molecule has 1 aromatic carbocycles. The number of carboxylic acids is 1. The molecule has 0 amide bonds. The standard InChI is InChI=1S/C18H29NO6/c1-6-11(7-12(10-19)18(20)21)8-13-14(22-2)9-15(23-3)17(25-5)16(13)24-4/h9,11-12H,6-8,10,19H2,1-5H3,(H,20,21). The lowest BCUT2D eigenvalue weighted by Gasteiger charge is -2.23. The molecule has 1 aromatic rings. The summed E-state index contributed by atoms with van der Waals surface area (Å²) in [6, 6.07) is 1.75. The van der Waals surface area contributed by atoms with Crippen LogP contribution in [0.2, 0.25) is 0 Å². The third-order valence-corrected chi connectivity index (χ3v) is 4.43. The molecule has 0 bridgehead atoms. The van der Waals surface area contributed by atoms with Gasteiger partial charge in [-0.2, -0.15) is 0 Å². The van der Waals surface area contributed by atoms with Gasteiger partial charge in [0.05, 0.1) is 34.4 Å². The fourth-order valence-electron chi connectivity index (χ4n) is 2.95. The molecule has 0 fully saturated rings. The fourth-order valence-corrected chi connectivity index (χ4v) is 2.95. The van der Waals surface area contributed by atoms with E-state index in [-0.39, 0.29) is 12.5 Å². The molecule has 25 heavy (non-hydrogen) atoms. The number of hydrogen-bond acceptors (Lipinski definition) is 6. The third kappa shape index (κ3) is 4.92. The Bertz CT molecular complexity index is 575. The van der Waals surface area contributed by atoms with Gasteiger partial charge in [0.2, 0.25) is 5.75 Å². The lowest BCUT2D eigenvalue weighted by atomic mass is 9.87. The van der Waals surface area contributed by atoms with Gasteiger partial charge in [0.15, 0.2) is 11.5 Å². The topological polar surface area (TPSA) is 100 Å². The van der Waals surface area contributed by atoms with Gasteiger partial charge in [-0.3, -0.25) is 4.79 Å². The third-order valence-electron chi connectivity index (χ3n) is 4.43. The Labute approximate surface area is 149 Å². The van der Waals surface area contributed by atoms with E-state index in [1.807, 2.05) is 6.92 Å². The summed E-state index contributed by atoms with van der Waals surface area (Å²) in [4.78, 5) is 11.3. The first kappa shape index (κ1) is 20.9. The smallest absolute Gasteiger partial charge is 0.307 e. The first-order chi connectivity index (χ1) is 12.0. The maximum Gasteiger partial charge on any atom is 0.307 e. The molecule has 0 aliphatic heterocycles. The van der Waals surface area contributed by atoms with Crippen molar-refractivity contribution in [3.05, 3.63) is 11.6 Å². The van der Waals surface area contributed by atoms with Gasteiger partial charge < -0.3 is 29.8 Å². The van der Waals surface area contributed by atoms with E-state index in [4.69, 9.17) is 24.7 Å². The normalized spacial score (nSPS) is 13.0. The lowest BCUT2D eigenvalue weighted by molar-refractivity contribution is -0.142. The van der Waals surface area contributed by atoms with Gasteiger partial charge in [0.25, 0.3) is 0 Å². The number of methoxy groups -OCH3 is 4. The van der Waals surface area contributed by atoms with Crippen LogP contribution >= 0.6 is 0 Å². The Morgan fingerprint density at radius 1 is 1.08 bits per heavy atom. The van der Waals surface area contributed by atoms with E-state index in [1.54, 1.807) is 34.5 Å². The summed E-state index contributed by atoms with van der Waals surface area (Å²) in [5.41, 5.74) is 6.43. The Hall–Kier alpha value is -2.15. The highest BCUT2D eigenvalue weighted by Crippen LogP contribution is 2.46. The SMILES string of the molecule is CCC(Cc1c(OC)cc(OC)c(OC)c1OC)CC(CN)C(=O)O. The Morgan fingerprint density at radius 3 is 2.08 bits per heavy atom. The minimum atomic E-state index is -0.868. The van der Waals surface area contributed by atoms with Crippen LogP contribution in [0.15, 0.2) is 6.07 Å². The molecule has 0 heterocycles. The zero-order chi connectivity index (χ0) is 19.0. The highest BCUT2D eigenvalue weighted by molar-refractivity contribution is 5.70. The van der Waals surface area contributed by atoms with Gasteiger partial charge in [-0.25, -0.2) is 0 Å². The summed E-state index contributed by atoms with van der Waals surface area (Å²) in [5.74, 6) is 0.840. The van der Waals surface area contributed by atoms with Crippen LogP contribution in [0.3, 0.4) is 0 Å². The second kappa shape index (κ2) is 9.98. The molecule has 2 atom stereocenters. The molecule has 3 N–H and O–H groups in total. The van der Waals surface area contributed by atoms with E-state index in [2.05, 4.69) is 0 Å². The molecule has 142 valence electrons. The first-order valence-electron chi connectivity index (χ1n) is 8.25. The van der Waals surface area contributed by atoms with Crippen LogP contribution in [0.25, 0.3) is 0 Å². The van der Waals surface area contributed by atoms with Gasteiger partial charge in [0, 0.05) is 18.2 Å². The van der Waals surface area contributed by atoms with Gasteiger partial charge in [0.1, 0.15) is 5.75 Å². The van der Waals surface area contributed by atoms with Crippen LogP contribution < -0.4 is 24.7 Å². The molecule has 0 saturated carbocycles. The summed E-state index contributed by atoms with van der Waals surface area (Å²) in [5, 5.41) is 9.27. The summed E-state index contributed by atoms with van der Waals surface area (Å²) in [7, 11) is 6.22. The quantitative estimate of drug-likeness (QED) is 0.628. The summed E-state index contributed by atoms with van der Waals surface area (Å²) in [6.07, 6.45) is 1.89. The van der Waals surface area contributed by atoms with E-state index in [0.29, 0.717) is 35.8 Å². The van der Waals surface area contributed by atoms with Gasteiger partial charge in [-0.05, 0) is 18.8 Å². The molecule has 0 aliphatic rings. The molecule has 7 heteroatoms. The minimum absolute atomic E-state index is 0.116. The maximum atomic E-state index is 11.3. The molecule has 1 rings (SSSR count). The van der Waals surface area contributed by atoms with Gasteiger partial charge in [-0.1, -0.05) is 13.3 Å². The number of rotatable bonds is 11. The van der Waals surface area contributed by atoms with Crippen molar-refractivity contribution >= 4 is 5.97 Å². The van der Waals surface area contributed by atoms with E-state index < -0.39 is 11.9 Å². The summed E-state index contributed by atoms with van der Waals surface area (Å²) < 4.78 is 21.8. The number of nitrogens with two attached hydrogens (primary N) is 1. The van der Waals surface area contributed by atoms with Gasteiger partial charge >= 0.3 is 5.97 Å². The van der Waals surface area contributed by atoms with E-state index in [9.17, 15) is 9.90 Å². The number of hydrogen-bond donors (Lipinski definition) is 2. The van der Waals surface area contributed by atoms with Crippen molar-refractivity contribution in [3.63, 3.8) is 0 Å². The second-order valence-corrected chi connectivity index (χ2v) is 5.81. The van der Waals surface area contributed by atoms with Crippen LogP contribution in [0.4, 0.5) is 0 Å². The highest BCUT2D eigenvalue weighted by atomic mass is 16.5. The molecule has 0 spiro atoms. The molecule has 0 saturated heterocycles. The first-order valence-corrected chi connectivity index (χ1v) is 8.25. The van der Waals surface area contributed by atoms with Crippen LogP contribution in [0.5, 0.6) is 23.0 Å². The molecule has 2 unspecified atom stereocenters. The number of ether oxygens (including phenoxy) is 4. The molecular formula is C18H29NO6. The zero-order valence-electron chi connectivity index (χ0n) is 15.6. The van der Waals surface area contributed by atoms with Crippen molar-refractivity contribution in [1.82, 2.24) is 0 Å². The van der Waals surface area contributed by atoms with Crippen LogP contribution in [-0.2, 0) is 11.2 Å². The zero-order valence-corrected chi connectivity index (χ0v) is 15.6. The van der Waals surface area contributed by atoms with Crippen molar-refractivity contribution in [1.29, 1.82) is 0 Å². The van der Waals surface area contributed by atoms with Gasteiger partial charge in [-0.15, -0.1) is 0 Å². The Morgan fingerprint density at radius 2 is 1.68 bits per heavy atom. The average Bonchev–Trinajstić information content (AvgIpc) is 2.63. The molecule has 0 radical (unpaired) electrons. The molecular weight excluding hydrogens is 326 g/mol. The number of carbonyl (C=O) groups is 1. The minimum Gasteiger partial charge on any atom is -0.496 e. The monoisotopic (exact) mass is 355 g/mol. The Balaban J connectivity index is 3.27. The average molecular weight is 355 g/mol. The van der Waals surface area contributed by atoms with E-state index >= 15 is 0 Å². The molecule has 7 nitrogen and oxygen atoms in total. The van der Waals surface area contributed by atoms with Crippen molar-refractivity contribution in [2.75, 3.05) is 35.0 Å². The number of aliphatic carboxylic acids is 1. The van der Waals surface area contributed by atoms with Crippen molar-refractivity contribution in [2.45, 2.75) is 26.2 Å². The van der Waals surface area contributed by atoms with Crippen molar-refractivity contribution < 1.29 is 28.8 Å². The maximum absolute atomic E-state index is 11.3. The highest BCUT2D eigenvalue weighted by Gasteiger charge is 2.26. The molecule has 0 aromatic heterocycles.